The van der Waals surface area contributed by atoms with Crippen LogP contribution in [0.4, 0.5) is 0 Å². The van der Waals surface area contributed by atoms with Gasteiger partial charge in [-0.15, -0.1) is 0 Å². The molecule has 0 spiro atoms. The third kappa shape index (κ3) is 5.52. The fraction of sp³-hybridized carbons (Fsp3) is 0.714. The van der Waals surface area contributed by atoms with Crippen LogP contribution in [-0.2, 0) is 5.11 Å². The Balaban J connectivity index is 3.50. The predicted molar refractivity (Wildman–Crippen MR) is 32.8 cm³/mol. The highest BCUT2D eigenvalue weighted by Gasteiger charge is 1.86. The minimum absolute atomic E-state index is 0.325. The van der Waals surface area contributed by atoms with Crippen LogP contribution in [0.25, 0.3) is 0 Å². The van der Waals surface area contributed by atoms with Crippen LogP contribution in [0.15, 0.2) is 0 Å². The van der Waals surface area contributed by atoms with Gasteiger partial charge in [0.05, 0.1) is 0 Å². The minimum Gasteiger partial charge on any atom is -0.219 e. The normalized spacial score (nSPS) is 12.6. The molecule has 0 aromatic rings. The van der Waals surface area contributed by atoms with Crippen LogP contribution < -0.4 is 0 Å². The summed E-state index contributed by atoms with van der Waals surface area (Å²) in [5, 5.41) is 10.3. The third-order valence-electron chi connectivity index (χ3n) is 0.575. The molecule has 8 heavy (non-hydrogen) atoms. The first-order chi connectivity index (χ1) is 3.63. The molecule has 1 unspecified atom stereocenters. The average Bonchev–Trinajstić information content (AvgIpc) is 1.61. The fourth-order valence-electron chi connectivity index (χ4n) is 0.284. The molecule has 0 N–H and O–H groups in total. The van der Waals surface area contributed by atoms with E-state index in [4.69, 9.17) is 0 Å². The summed E-state index contributed by atoms with van der Waals surface area (Å²) in [5.74, 6) is 5.65. The molecular weight excluding hydrogens is 100 g/mol. The van der Waals surface area contributed by atoms with Gasteiger partial charge in [-0.25, -0.2) is 5.11 Å². The second kappa shape index (κ2) is 3.51. The topological polar surface area (TPSA) is 19.9 Å². The van der Waals surface area contributed by atoms with Crippen LogP contribution in [0.5, 0.6) is 0 Å². The van der Waals surface area contributed by atoms with Gasteiger partial charge in [0.1, 0.15) is 0 Å². The van der Waals surface area contributed by atoms with Crippen molar-refractivity contribution in [2.24, 2.45) is 5.92 Å². The molecule has 0 fully saturated rings. The first kappa shape index (κ1) is 7.52. The second-order valence-corrected chi connectivity index (χ2v) is 2.09. The van der Waals surface area contributed by atoms with Gasteiger partial charge in [-0.3, -0.25) is 0 Å². The van der Waals surface area contributed by atoms with E-state index in [1.165, 1.54) is 0 Å². The molecule has 0 aliphatic rings. The molecule has 0 aromatic carbocycles. The summed E-state index contributed by atoms with van der Waals surface area (Å²) in [5.41, 5.74) is 0. The first-order valence-corrected chi connectivity index (χ1v) is 2.80. The van der Waals surface area contributed by atoms with E-state index in [1.54, 1.807) is 6.92 Å². The first-order valence-electron chi connectivity index (χ1n) is 2.80. The fourth-order valence-corrected chi connectivity index (χ4v) is 0.284. The Morgan fingerprint density at radius 1 is 1.12 bits per heavy atom. The Kier molecular flexibility index (Phi) is 3.30. The number of rotatable bonds is 0. The van der Waals surface area contributed by atoms with Crippen molar-refractivity contribution >= 4 is 0 Å². The van der Waals surface area contributed by atoms with Gasteiger partial charge in [-0.05, 0) is 6.92 Å². The summed E-state index contributed by atoms with van der Waals surface area (Å²) in [4.78, 5) is 0. The zero-order valence-electron chi connectivity index (χ0n) is 5.56. The van der Waals surface area contributed by atoms with Gasteiger partial charge in [0.2, 0.25) is 0 Å². The maximum absolute atomic E-state index is 10.3. The molecule has 1 radical (unpaired) electrons. The van der Waals surface area contributed by atoms with Crippen LogP contribution in [0.2, 0.25) is 0 Å². The standard InChI is InChI=1S/C7H11O/c1-6(2)4-5-7(3)8/h6-7H,1-3H3. The summed E-state index contributed by atoms with van der Waals surface area (Å²) in [7, 11) is 0. The van der Waals surface area contributed by atoms with Gasteiger partial charge < -0.3 is 0 Å². The maximum atomic E-state index is 10.3. The van der Waals surface area contributed by atoms with Gasteiger partial charge in [0, 0.05) is 5.92 Å². The minimum atomic E-state index is -0.725. The Morgan fingerprint density at radius 3 is 1.75 bits per heavy atom. The average molecular weight is 111 g/mol. The van der Waals surface area contributed by atoms with E-state index in [9.17, 15) is 5.11 Å². The molecular formula is C7H11O. The predicted octanol–water partition coefficient (Wildman–Crippen LogP) is 1.46. The molecule has 0 rings (SSSR count). The Labute approximate surface area is 50.7 Å². The van der Waals surface area contributed by atoms with E-state index < -0.39 is 6.10 Å². The van der Waals surface area contributed by atoms with E-state index in [0.717, 1.165) is 0 Å². The highest BCUT2D eigenvalue weighted by molar-refractivity contribution is 5.04. The van der Waals surface area contributed by atoms with E-state index in [2.05, 4.69) is 11.8 Å². The lowest BCUT2D eigenvalue weighted by Gasteiger charge is -1.87. The van der Waals surface area contributed by atoms with Crippen molar-refractivity contribution in [3.05, 3.63) is 0 Å². The van der Waals surface area contributed by atoms with Crippen molar-refractivity contribution < 1.29 is 5.11 Å². The van der Waals surface area contributed by atoms with Crippen LogP contribution in [-0.4, -0.2) is 6.10 Å². The quantitative estimate of drug-likeness (QED) is 0.422. The van der Waals surface area contributed by atoms with E-state index >= 15 is 0 Å². The van der Waals surface area contributed by atoms with Gasteiger partial charge >= 0.3 is 0 Å². The second-order valence-electron chi connectivity index (χ2n) is 2.09. The zero-order chi connectivity index (χ0) is 6.57. The maximum Gasteiger partial charge on any atom is 0.150 e. The lowest BCUT2D eigenvalue weighted by atomic mass is 10.2. The van der Waals surface area contributed by atoms with Gasteiger partial charge in [-0.1, -0.05) is 25.7 Å². The lowest BCUT2D eigenvalue weighted by molar-refractivity contribution is 0.154. The number of hydrogen-bond donors (Lipinski definition) is 0. The van der Waals surface area contributed by atoms with Gasteiger partial charge in [0.15, 0.2) is 6.10 Å². The highest BCUT2D eigenvalue weighted by Crippen LogP contribution is 1.86. The van der Waals surface area contributed by atoms with Crippen molar-refractivity contribution in [1.82, 2.24) is 0 Å². The highest BCUT2D eigenvalue weighted by atomic mass is 16.3. The molecule has 0 aliphatic carbocycles. The zero-order valence-corrected chi connectivity index (χ0v) is 5.56. The molecule has 1 atom stereocenters. The SMILES string of the molecule is CC(C)C#CC(C)[O]. The van der Waals surface area contributed by atoms with Gasteiger partial charge in [-0.2, -0.15) is 0 Å². The van der Waals surface area contributed by atoms with Crippen LogP contribution in [0.3, 0.4) is 0 Å². The van der Waals surface area contributed by atoms with Gasteiger partial charge in [0.25, 0.3) is 0 Å². The van der Waals surface area contributed by atoms with Crippen LogP contribution >= 0.6 is 0 Å². The molecule has 0 bridgehead atoms. The Bertz CT molecular complexity index is 91.3. The molecule has 0 saturated carbocycles. The van der Waals surface area contributed by atoms with E-state index in [1.807, 2.05) is 13.8 Å². The largest absolute Gasteiger partial charge is 0.219 e. The number of hydrogen-bond acceptors (Lipinski definition) is 0. The van der Waals surface area contributed by atoms with E-state index in [0.29, 0.717) is 5.92 Å². The summed E-state index contributed by atoms with van der Waals surface area (Å²) in [6.45, 7) is 5.49. The van der Waals surface area contributed by atoms with Crippen molar-refractivity contribution in [2.45, 2.75) is 26.9 Å². The summed E-state index contributed by atoms with van der Waals surface area (Å²) in [6.07, 6.45) is -0.725. The summed E-state index contributed by atoms with van der Waals surface area (Å²) in [6, 6.07) is 0. The third-order valence-corrected chi connectivity index (χ3v) is 0.575. The monoisotopic (exact) mass is 111 g/mol. The van der Waals surface area contributed by atoms with Crippen molar-refractivity contribution in [2.75, 3.05) is 0 Å². The molecule has 1 heteroatoms. The molecule has 0 amide bonds. The smallest absolute Gasteiger partial charge is 0.150 e. The molecule has 0 aromatic heterocycles. The van der Waals surface area contributed by atoms with Crippen molar-refractivity contribution in [3.8, 4) is 11.8 Å². The Hall–Kier alpha value is -0.480. The van der Waals surface area contributed by atoms with Crippen molar-refractivity contribution in [3.63, 3.8) is 0 Å². The lowest BCUT2D eigenvalue weighted by Crippen LogP contribution is -1.91. The van der Waals surface area contributed by atoms with Crippen LogP contribution in [0.1, 0.15) is 20.8 Å². The summed E-state index contributed by atoms with van der Waals surface area (Å²) < 4.78 is 0. The molecule has 1 nitrogen and oxygen atoms in total. The molecule has 45 valence electrons. The van der Waals surface area contributed by atoms with Crippen molar-refractivity contribution in [1.29, 1.82) is 0 Å². The molecule has 0 saturated heterocycles. The molecule has 0 aliphatic heterocycles. The molecule has 0 heterocycles. The van der Waals surface area contributed by atoms with Crippen LogP contribution in [0, 0.1) is 17.8 Å². The summed E-state index contributed by atoms with van der Waals surface area (Å²) >= 11 is 0. The Morgan fingerprint density at radius 2 is 1.62 bits per heavy atom. The van der Waals surface area contributed by atoms with E-state index in [-0.39, 0.29) is 0 Å².